The molecule has 4 aromatic rings. The first-order valence-corrected chi connectivity index (χ1v) is 15.0. The van der Waals surface area contributed by atoms with Crippen molar-refractivity contribution >= 4 is 46.2 Å². The molecule has 5 rings (SSSR count). The third-order valence-corrected chi connectivity index (χ3v) is 8.23. The Morgan fingerprint density at radius 3 is 2.49 bits per heavy atom. The standard InChI is InChI=1S/C30H27ClF3N7O3S/c1-4-24(37-38-28(43)36-29-41(25(42)15-45-29)26-18(3)17(2)5-14-23(26)31)19-6-8-20(9-7-19)27-35-16-40(39-27)21-10-12-22(13-11-21)44-30(32,33)34/h5-14,16,24,37H,4,15H2,1-3H3,(H,38,43)/b36-29-. The van der Waals surface area contributed by atoms with Gasteiger partial charge in [-0.2, -0.15) is 4.99 Å². The summed E-state index contributed by atoms with van der Waals surface area (Å²) < 4.78 is 42.6. The zero-order valence-electron chi connectivity index (χ0n) is 24.2. The number of urea groups is 1. The van der Waals surface area contributed by atoms with E-state index in [4.69, 9.17) is 11.6 Å². The van der Waals surface area contributed by atoms with E-state index >= 15 is 0 Å². The van der Waals surface area contributed by atoms with Gasteiger partial charge in [0.1, 0.15) is 12.1 Å². The first kappa shape index (κ1) is 32.0. The van der Waals surface area contributed by atoms with Crippen LogP contribution in [0.5, 0.6) is 5.75 Å². The molecule has 10 nitrogen and oxygen atoms in total. The number of aliphatic imine (C=N–C) groups is 1. The van der Waals surface area contributed by atoms with Crippen molar-refractivity contribution < 1.29 is 27.5 Å². The maximum atomic E-state index is 12.8. The number of nitrogens with one attached hydrogen (secondary N) is 2. The fourth-order valence-corrected chi connectivity index (χ4v) is 5.72. The second-order valence-electron chi connectivity index (χ2n) is 9.96. The Labute approximate surface area is 265 Å². The van der Waals surface area contributed by atoms with Gasteiger partial charge in [0.15, 0.2) is 11.0 Å². The van der Waals surface area contributed by atoms with Gasteiger partial charge in [0.2, 0.25) is 5.91 Å². The summed E-state index contributed by atoms with van der Waals surface area (Å²) in [5.41, 5.74) is 10.0. The normalized spacial score (nSPS) is 15.0. The lowest BCUT2D eigenvalue weighted by atomic mass is 10.0. The third kappa shape index (κ3) is 7.47. The van der Waals surface area contributed by atoms with Crippen LogP contribution in [-0.2, 0) is 4.79 Å². The van der Waals surface area contributed by atoms with Gasteiger partial charge in [-0.15, -0.1) is 18.3 Å². The number of ether oxygens (including phenoxy) is 1. The highest BCUT2D eigenvalue weighted by atomic mass is 35.5. The number of hydrogen-bond donors (Lipinski definition) is 2. The van der Waals surface area contributed by atoms with Gasteiger partial charge in [0, 0.05) is 5.56 Å². The molecule has 15 heteroatoms. The molecule has 234 valence electrons. The molecule has 1 aliphatic heterocycles. The summed E-state index contributed by atoms with van der Waals surface area (Å²) >= 11 is 7.59. The minimum Gasteiger partial charge on any atom is -0.406 e. The van der Waals surface area contributed by atoms with Gasteiger partial charge in [0.05, 0.1) is 28.2 Å². The Morgan fingerprint density at radius 1 is 1.11 bits per heavy atom. The van der Waals surface area contributed by atoms with Gasteiger partial charge < -0.3 is 4.74 Å². The number of carbonyl (C=O) groups is 2. The van der Waals surface area contributed by atoms with Crippen molar-refractivity contribution in [2.75, 3.05) is 10.7 Å². The number of rotatable bonds is 8. The van der Waals surface area contributed by atoms with Crippen molar-refractivity contribution in [3.63, 3.8) is 0 Å². The number of nitrogens with zero attached hydrogens (tertiary/aromatic N) is 5. The number of alkyl halides is 3. The summed E-state index contributed by atoms with van der Waals surface area (Å²) in [6.45, 7) is 5.73. The van der Waals surface area contributed by atoms with E-state index in [9.17, 15) is 22.8 Å². The van der Waals surface area contributed by atoms with Crippen LogP contribution in [0.25, 0.3) is 17.1 Å². The lowest BCUT2D eigenvalue weighted by Gasteiger charge is -2.21. The highest BCUT2D eigenvalue weighted by Gasteiger charge is 2.33. The summed E-state index contributed by atoms with van der Waals surface area (Å²) in [6, 6.07) is 15.3. The molecular formula is C30H27ClF3N7O3S. The average molecular weight is 658 g/mol. The molecule has 1 fully saturated rings. The SMILES string of the molecule is CCC(NNC(=O)/N=C1\SCC(=O)N1c1c(Cl)ccc(C)c1C)c1ccc(-c2ncn(-c3ccc(OC(F)(F)F)cc3)n2)cc1. The van der Waals surface area contributed by atoms with Crippen LogP contribution in [0.1, 0.15) is 36.1 Å². The van der Waals surface area contributed by atoms with Crippen molar-refractivity contribution in [1.29, 1.82) is 0 Å². The Bertz CT molecular complexity index is 1750. The molecule has 0 aliphatic carbocycles. The Kier molecular flexibility index (Phi) is 9.46. The number of thioether (sulfide) groups is 1. The maximum absolute atomic E-state index is 12.8. The largest absolute Gasteiger partial charge is 0.573 e. The van der Waals surface area contributed by atoms with Gasteiger partial charge in [-0.1, -0.05) is 60.6 Å². The number of aromatic nitrogens is 3. The molecule has 0 spiro atoms. The number of amidine groups is 1. The lowest BCUT2D eigenvalue weighted by molar-refractivity contribution is -0.274. The van der Waals surface area contributed by atoms with E-state index in [0.717, 1.165) is 28.5 Å². The van der Waals surface area contributed by atoms with Gasteiger partial charge in [0.25, 0.3) is 0 Å². The fourth-order valence-electron chi connectivity index (χ4n) is 4.58. The molecule has 45 heavy (non-hydrogen) atoms. The minimum absolute atomic E-state index is 0.142. The first-order valence-electron chi connectivity index (χ1n) is 13.7. The number of carbonyl (C=O) groups excluding carboxylic acids is 2. The van der Waals surface area contributed by atoms with Crippen LogP contribution < -0.4 is 20.5 Å². The van der Waals surface area contributed by atoms with Gasteiger partial charge in [-0.3, -0.25) is 15.1 Å². The van der Waals surface area contributed by atoms with E-state index in [-0.39, 0.29) is 28.6 Å². The van der Waals surface area contributed by atoms with Crippen LogP contribution in [0.4, 0.5) is 23.7 Å². The predicted molar refractivity (Wildman–Crippen MR) is 166 cm³/mol. The number of benzene rings is 3. The molecule has 1 atom stereocenters. The zero-order chi connectivity index (χ0) is 32.3. The van der Waals surface area contributed by atoms with Crippen molar-refractivity contribution in [3.8, 4) is 22.8 Å². The number of aryl methyl sites for hydroxylation is 1. The topological polar surface area (TPSA) is 114 Å². The molecule has 1 aromatic heterocycles. The first-order chi connectivity index (χ1) is 21.4. The third-order valence-electron chi connectivity index (χ3n) is 7.00. The Hall–Kier alpha value is -4.40. The van der Waals surface area contributed by atoms with E-state index in [1.54, 1.807) is 6.07 Å². The smallest absolute Gasteiger partial charge is 0.406 e. The molecule has 0 bridgehead atoms. The molecule has 2 N–H and O–H groups in total. The van der Waals surface area contributed by atoms with E-state index in [2.05, 4.69) is 30.7 Å². The van der Waals surface area contributed by atoms with Gasteiger partial charge in [-0.25, -0.2) is 19.9 Å². The highest BCUT2D eigenvalue weighted by molar-refractivity contribution is 8.15. The van der Waals surface area contributed by atoms with E-state index in [0.29, 0.717) is 34.2 Å². The summed E-state index contributed by atoms with van der Waals surface area (Å²) in [7, 11) is 0. The average Bonchev–Trinajstić information content (AvgIpc) is 3.63. The van der Waals surface area contributed by atoms with E-state index < -0.39 is 12.4 Å². The van der Waals surface area contributed by atoms with Crippen molar-refractivity contribution in [1.82, 2.24) is 25.6 Å². The number of hydrazine groups is 1. The monoisotopic (exact) mass is 657 g/mol. The van der Waals surface area contributed by atoms with Crippen molar-refractivity contribution in [2.45, 2.75) is 39.6 Å². The number of hydrogen-bond acceptors (Lipinski definition) is 7. The summed E-state index contributed by atoms with van der Waals surface area (Å²) in [6.07, 6.45) is -2.68. The fraction of sp³-hybridized carbons (Fsp3) is 0.233. The quantitative estimate of drug-likeness (QED) is 0.198. The van der Waals surface area contributed by atoms with Crippen LogP contribution in [0, 0.1) is 13.8 Å². The lowest BCUT2D eigenvalue weighted by Crippen LogP contribution is -2.39. The minimum atomic E-state index is -4.77. The second kappa shape index (κ2) is 13.3. The molecule has 0 radical (unpaired) electrons. The zero-order valence-corrected chi connectivity index (χ0v) is 25.8. The number of halogens is 4. The summed E-state index contributed by atoms with van der Waals surface area (Å²) in [5, 5.41) is 5.06. The Balaban J connectivity index is 1.23. The maximum Gasteiger partial charge on any atom is 0.573 e. The van der Waals surface area contributed by atoms with Crippen LogP contribution in [0.15, 0.2) is 72.0 Å². The molecule has 1 unspecified atom stereocenters. The van der Waals surface area contributed by atoms with Crippen LogP contribution >= 0.6 is 23.4 Å². The molecule has 1 aliphatic rings. The molecule has 3 aromatic carbocycles. The highest BCUT2D eigenvalue weighted by Crippen LogP contribution is 2.36. The van der Waals surface area contributed by atoms with Gasteiger partial charge in [-0.05, 0) is 67.3 Å². The van der Waals surface area contributed by atoms with Crippen LogP contribution in [0.3, 0.4) is 0 Å². The van der Waals surface area contributed by atoms with E-state index in [1.807, 2.05) is 51.1 Å². The number of anilines is 1. The number of amides is 3. The second-order valence-corrected chi connectivity index (χ2v) is 11.3. The molecule has 3 amide bonds. The predicted octanol–water partition coefficient (Wildman–Crippen LogP) is 6.90. The van der Waals surface area contributed by atoms with Crippen molar-refractivity contribution in [2.24, 2.45) is 4.99 Å². The van der Waals surface area contributed by atoms with Crippen molar-refractivity contribution in [3.05, 3.63) is 88.7 Å². The van der Waals surface area contributed by atoms with E-state index in [1.165, 1.54) is 40.2 Å². The van der Waals surface area contributed by atoms with Crippen LogP contribution in [0.2, 0.25) is 5.02 Å². The molecular weight excluding hydrogens is 631 g/mol. The molecule has 2 heterocycles. The Morgan fingerprint density at radius 2 is 1.82 bits per heavy atom. The van der Waals surface area contributed by atoms with Crippen LogP contribution in [-0.4, -0.2) is 44.0 Å². The summed E-state index contributed by atoms with van der Waals surface area (Å²) in [5.74, 6) is 0.0131. The molecule has 0 saturated carbocycles. The summed E-state index contributed by atoms with van der Waals surface area (Å²) in [4.78, 5) is 35.3. The molecule has 1 saturated heterocycles. The van der Waals surface area contributed by atoms with Gasteiger partial charge >= 0.3 is 12.4 Å².